The third kappa shape index (κ3) is 2.54. The zero-order chi connectivity index (χ0) is 17.0. The Kier molecular flexibility index (Phi) is 4.07. The number of benzene rings is 1. The van der Waals surface area contributed by atoms with Gasteiger partial charge < -0.3 is 9.84 Å². The van der Waals surface area contributed by atoms with E-state index in [1.165, 1.54) is 0 Å². The summed E-state index contributed by atoms with van der Waals surface area (Å²) < 4.78 is 6.97. The average molecular weight is 351 g/mol. The van der Waals surface area contributed by atoms with Gasteiger partial charge in [0.15, 0.2) is 0 Å². The molecule has 3 unspecified atom stereocenters. The summed E-state index contributed by atoms with van der Waals surface area (Å²) in [6.07, 6.45) is 0.558. The molecule has 1 aromatic carbocycles. The molecular formula is C18H23ClN2O3. The summed E-state index contributed by atoms with van der Waals surface area (Å²) in [6, 6.07) is 4.53. The van der Waals surface area contributed by atoms with E-state index in [9.17, 15) is 9.90 Å². The van der Waals surface area contributed by atoms with Crippen molar-refractivity contribution in [2.24, 2.45) is 5.92 Å². The predicted octanol–water partition coefficient (Wildman–Crippen LogP) is 2.25. The number of aliphatic hydroxyl groups excluding tert-OH is 1. The highest BCUT2D eigenvalue weighted by atomic mass is 35.5. The lowest BCUT2D eigenvalue weighted by molar-refractivity contribution is 0.0535. The van der Waals surface area contributed by atoms with Crippen LogP contribution in [0, 0.1) is 12.8 Å². The van der Waals surface area contributed by atoms with Crippen molar-refractivity contribution in [3.63, 3.8) is 0 Å². The minimum absolute atomic E-state index is 0.265. The molecule has 0 aliphatic carbocycles. The van der Waals surface area contributed by atoms with Gasteiger partial charge in [-0.15, -0.1) is 0 Å². The molecule has 130 valence electrons. The summed E-state index contributed by atoms with van der Waals surface area (Å²) >= 11 is 6.18. The highest BCUT2D eigenvalue weighted by Gasteiger charge is 2.45. The van der Waals surface area contributed by atoms with E-state index in [-0.39, 0.29) is 5.97 Å². The van der Waals surface area contributed by atoms with E-state index in [1.807, 2.05) is 17.4 Å². The van der Waals surface area contributed by atoms with E-state index in [1.54, 1.807) is 6.07 Å². The standard InChI is InChI=1S/C18H23ClN2O3/c1-10-5-12-6-20(19)7-16(12)21(10)8-17(22)13-3-4-14-15(11(13)2)9-24-18(14)23/h3-4,10,12,16-17,22H,5-9H2,1-2H3/t10?,12?,16?,17-/m0/s1. The van der Waals surface area contributed by atoms with Crippen molar-refractivity contribution >= 4 is 17.7 Å². The molecule has 2 saturated heterocycles. The molecule has 0 amide bonds. The Morgan fingerprint density at radius 3 is 3.00 bits per heavy atom. The summed E-state index contributed by atoms with van der Waals surface area (Å²) in [5.74, 6) is 0.329. The van der Waals surface area contributed by atoms with Gasteiger partial charge >= 0.3 is 5.97 Å². The highest BCUT2D eigenvalue weighted by molar-refractivity contribution is 6.13. The van der Waals surface area contributed by atoms with Crippen LogP contribution < -0.4 is 0 Å². The van der Waals surface area contributed by atoms with Crippen LogP contribution in [-0.2, 0) is 11.3 Å². The minimum Gasteiger partial charge on any atom is -0.457 e. The molecule has 3 heterocycles. The number of fused-ring (bicyclic) bond motifs is 2. The second kappa shape index (κ2) is 5.99. The Labute approximate surface area is 147 Å². The van der Waals surface area contributed by atoms with Crippen LogP contribution in [0.3, 0.4) is 0 Å². The minimum atomic E-state index is -0.573. The lowest BCUT2D eigenvalue weighted by Gasteiger charge is -2.30. The molecule has 1 aromatic rings. The first-order valence-electron chi connectivity index (χ1n) is 8.59. The number of β-amino-alcohol motifs (C(OH)–C–C–N with tert-alkyl or cyclic N) is 1. The molecule has 24 heavy (non-hydrogen) atoms. The first kappa shape index (κ1) is 16.3. The molecule has 3 aliphatic rings. The average Bonchev–Trinajstić information content (AvgIpc) is 3.15. The summed E-state index contributed by atoms with van der Waals surface area (Å²) in [6.45, 7) is 6.89. The van der Waals surface area contributed by atoms with Crippen LogP contribution in [0.4, 0.5) is 0 Å². The van der Waals surface area contributed by atoms with Crippen LogP contribution in [0.15, 0.2) is 12.1 Å². The fourth-order valence-corrected chi connectivity index (χ4v) is 4.97. The van der Waals surface area contributed by atoms with Gasteiger partial charge in [-0.1, -0.05) is 6.07 Å². The van der Waals surface area contributed by atoms with Gasteiger partial charge in [0, 0.05) is 37.3 Å². The third-order valence-corrected chi connectivity index (χ3v) is 6.22. The molecule has 4 atom stereocenters. The van der Waals surface area contributed by atoms with Gasteiger partial charge in [0.1, 0.15) is 6.61 Å². The number of carbonyl (C=O) groups is 1. The second-order valence-corrected chi connectivity index (χ2v) is 7.81. The van der Waals surface area contributed by atoms with Gasteiger partial charge in [-0.05, 0) is 55.2 Å². The predicted molar refractivity (Wildman–Crippen MR) is 90.7 cm³/mol. The zero-order valence-corrected chi connectivity index (χ0v) is 14.8. The van der Waals surface area contributed by atoms with E-state index in [0.29, 0.717) is 36.7 Å². The van der Waals surface area contributed by atoms with Crippen molar-refractivity contribution in [2.45, 2.75) is 45.1 Å². The third-order valence-electron chi connectivity index (χ3n) is 5.95. The Bertz CT molecular complexity index is 680. The summed E-state index contributed by atoms with van der Waals surface area (Å²) in [7, 11) is 0. The molecule has 1 N–H and O–H groups in total. The molecule has 0 bridgehead atoms. The maximum atomic E-state index is 11.7. The van der Waals surface area contributed by atoms with E-state index >= 15 is 0 Å². The van der Waals surface area contributed by atoms with Crippen molar-refractivity contribution in [3.05, 3.63) is 34.4 Å². The van der Waals surface area contributed by atoms with Crippen LogP contribution in [0.25, 0.3) is 0 Å². The van der Waals surface area contributed by atoms with Gasteiger partial charge in [-0.2, -0.15) is 0 Å². The lowest BCUT2D eigenvalue weighted by atomic mass is 9.95. The molecule has 4 rings (SSSR count). The van der Waals surface area contributed by atoms with Crippen LogP contribution in [0.5, 0.6) is 0 Å². The molecule has 0 saturated carbocycles. The maximum absolute atomic E-state index is 11.7. The number of likely N-dealkylation sites (tertiary alicyclic amines) is 1. The van der Waals surface area contributed by atoms with Crippen LogP contribution >= 0.6 is 11.8 Å². The topological polar surface area (TPSA) is 53.0 Å². The molecule has 6 heteroatoms. The van der Waals surface area contributed by atoms with E-state index in [0.717, 1.165) is 36.2 Å². The molecule has 0 spiro atoms. The normalized spacial score (nSPS) is 31.2. The fraction of sp³-hybridized carbons (Fsp3) is 0.611. The van der Waals surface area contributed by atoms with Gasteiger partial charge in [0.05, 0.1) is 11.7 Å². The van der Waals surface area contributed by atoms with Gasteiger partial charge in [-0.3, -0.25) is 4.90 Å². The monoisotopic (exact) mass is 350 g/mol. The van der Waals surface area contributed by atoms with E-state index in [4.69, 9.17) is 16.5 Å². The smallest absolute Gasteiger partial charge is 0.338 e. The molecule has 3 aliphatic heterocycles. The number of cyclic esters (lactones) is 1. The van der Waals surface area contributed by atoms with Crippen molar-refractivity contribution < 1.29 is 14.6 Å². The number of aliphatic hydroxyl groups is 1. The molecule has 0 radical (unpaired) electrons. The number of carbonyl (C=O) groups excluding carboxylic acids is 1. The van der Waals surface area contributed by atoms with Gasteiger partial charge in [0.2, 0.25) is 0 Å². The number of hydrogen-bond donors (Lipinski definition) is 1. The Hall–Kier alpha value is -1.14. The van der Waals surface area contributed by atoms with Gasteiger partial charge in [0.25, 0.3) is 0 Å². The molecular weight excluding hydrogens is 328 g/mol. The first-order valence-corrected chi connectivity index (χ1v) is 8.93. The van der Waals surface area contributed by atoms with Crippen molar-refractivity contribution in [3.8, 4) is 0 Å². The zero-order valence-electron chi connectivity index (χ0n) is 14.0. The number of rotatable bonds is 3. The van der Waals surface area contributed by atoms with Gasteiger partial charge in [-0.25, -0.2) is 9.21 Å². The number of ether oxygens (including phenoxy) is 1. The van der Waals surface area contributed by atoms with Crippen molar-refractivity contribution in [1.29, 1.82) is 0 Å². The molecule has 0 aromatic heterocycles. The fourth-order valence-electron chi connectivity index (χ4n) is 4.65. The van der Waals surface area contributed by atoms with E-state index in [2.05, 4.69) is 11.8 Å². The second-order valence-electron chi connectivity index (χ2n) is 7.33. The SMILES string of the molecule is Cc1c([C@@H](O)CN2C(C)CC3CN(Cl)CC32)ccc2c1COC2=O. The largest absolute Gasteiger partial charge is 0.457 e. The number of esters is 1. The summed E-state index contributed by atoms with van der Waals surface area (Å²) in [5, 5.41) is 10.8. The Morgan fingerprint density at radius 2 is 2.21 bits per heavy atom. The number of hydrogen-bond acceptors (Lipinski definition) is 5. The Morgan fingerprint density at radius 1 is 1.42 bits per heavy atom. The first-order chi connectivity index (χ1) is 11.5. The quantitative estimate of drug-likeness (QED) is 0.669. The molecule has 2 fully saturated rings. The van der Waals surface area contributed by atoms with Crippen LogP contribution in [0.2, 0.25) is 0 Å². The van der Waals surface area contributed by atoms with Crippen molar-refractivity contribution in [1.82, 2.24) is 9.32 Å². The summed E-state index contributed by atoms with van der Waals surface area (Å²) in [4.78, 5) is 14.1. The van der Waals surface area contributed by atoms with Crippen LogP contribution in [-0.4, -0.2) is 52.1 Å². The van der Waals surface area contributed by atoms with Crippen molar-refractivity contribution in [2.75, 3.05) is 19.6 Å². The lowest BCUT2D eigenvalue weighted by Crippen LogP contribution is -2.40. The number of halogens is 1. The maximum Gasteiger partial charge on any atom is 0.338 e. The Balaban J connectivity index is 1.55. The van der Waals surface area contributed by atoms with Crippen LogP contribution in [0.1, 0.15) is 46.5 Å². The summed E-state index contributed by atoms with van der Waals surface area (Å²) in [5.41, 5.74) is 3.41. The molecule has 5 nitrogen and oxygen atoms in total. The van der Waals surface area contributed by atoms with E-state index < -0.39 is 6.10 Å². The highest BCUT2D eigenvalue weighted by Crippen LogP contribution is 2.38. The number of nitrogens with zero attached hydrogens (tertiary/aromatic N) is 2.